The van der Waals surface area contributed by atoms with E-state index in [1.165, 1.54) is 12.1 Å². The Morgan fingerprint density at radius 1 is 0.871 bits per heavy atom. The summed E-state index contributed by atoms with van der Waals surface area (Å²) in [6, 6.07) is 23.1. The number of carbonyl (C=O) groups is 1. The Balaban J connectivity index is 1.65. The lowest BCUT2D eigenvalue weighted by Crippen LogP contribution is -2.43. The SMILES string of the molecule is O=C1c2cc3ccccc3nc2NC(c2ccc(C(F)(F)F)cc2)N1c1ccccc1. The molecule has 0 radical (unpaired) electrons. The van der Waals surface area contributed by atoms with Gasteiger partial charge in [-0.15, -0.1) is 0 Å². The first-order valence-corrected chi connectivity index (χ1v) is 9.64. The molecule has 154 valence electrons. The summed E-state index contributed by atoms with van der Waals surface area (Å²) < 4.78 is 39.1. The van der Waals surface area contributed by atoms with Gasteiger partial charge >= 0.3 is 6.18 Å². The molecule has 1 aliphatic heterocycles. The normalized spacial score (nSPS) is 16.2. The Hall–Kier alpha value is -3.87. The molecule has 1 N–H and O–H groups in total. The van der Waals surface area contributed by atoms with E-state index in [2.05, 4.69) is 10.3 Å². The Morgan fingerprint density at radius 3 is 2.26 bits per heavy atom. The number of carbonyl (C=O) groups excluding carboxylic acids is 1. The van der Waals surface area contributed by atoms with E-state index in [4.69, 9.17) is 0 Å². The molecule has 3 aromatic carbocycles. The van der Waals surface area contributed by atoms with Gasteiger partial charge in [-0.2, -0.15) is 13.2 Å². The predicted molar refractivity (Wildman–Crippen MR) is 113 cm³/mol. The van der Waals surface area contributed by atoms with E-state index in [0.717, 1.165) is 23.0 Å². The van der Waals surface area contributed by atoms with Crippen LogP contribution < -0.4 is 10.2 Å². The van der Waals surface area contributed by atoms with Crippen LogP contribution in [-0.2, 0) is 6.18 Å². The van der Waals surface area contributed by atoms with Crippen LogP contribution in [0.3, 0.4) is 0 Å². The molecule has 0 fully saturated rings. The highest BCUT2D eigenvalue weighted by Crippen LogP contribution is 2.38. The molecule has 4 nitrogen and oxygen atoms in total. The monoisotopic (exact) mass is 419 g/mol. The molecule has 1 amide bonds. The van der Waals surface area contributed by atoms with Gasteiger partial charge in [0.25, 0.3) is 5.91 Å². The van der Waals surface area contributed by atoms with Gasteiger partial charge in [0.15, 0.2) is 0 Å². The van der Waals surface area contributed by atoms with Crippen LogP contribution in [0.1, 0.15) is 27.7 Å². The highest BCUT2D eigenvalue weighted by molar-refractivity contribution is 6.13. The lowest BCUT2D eigenvalue weighted by atomic mass is 10.0. The average Bonchev–Trinajstić information content (AvgIpc) is 2.78. The smallest absolute Gasteiger partial charge is 0.345 e. The quantitative estimate of drug-likeness (QED) is 0.432. The fourth-order valence-corrected chi connectivity index (χ4v) is 3.77. The van der Waals surface area contributed by atoms with E-state index in [0.29, 0.717) is 22.6 Å². The Morgan fingerprint density at radius 2 is 1.55 bits per heavy atom. The fraction of sp³-hybridized carbons (Fsp3) is 0.0833. The summed E-state index contributed by atoms with van der Waals surface area (Å²) >= 11 is 0. The van der Waals surface area contributed by atoms with Crippen LogP contribution in [0.25, 0.3) is 10.9 Å². The van der Waals surface area contributed by atoms with Gasteiger partial charge in [-0.25, -0.2) is 4.98 Å². The summed E-state index contributed by atoms with van der Waals surface area (Å²) in [6.45, 7) is 0. The molecule has 1 unspecified atom stereocenters. The number of pyridine rings is 1. The van der Waals surface area contributed by atoms with Gasteiger partial charge in [0, 0.05) is 11.1 Å². The lowest BCUT2D eigenvalue weighted by molar-refractivity contribution is -0.137. The number of hydrogen-bond acceptors (Lipinski definition) is 3. The van der Waals surface area contributed by atoms with Crippen molar-refractivity contribution in [3.63, 3.8) is 0 Å². The first-order valence-electron chi connectivity index (χ1n) is 9.64. The summed E-state index contributed by atoms with van der Waals surface area (Å²) in [5.41, 5.74) is 1.54. The van der Waals surface area contributed by atoms with Gasteiger partial charge in [-0.05, 0) is 42.0 Å². The van der Waals surface area contributed by atoms with Gasteiger partial charge in [0.1, 0.15) is 12.0 Å². The summed E-state index contributed by atoms with van der Waals surface area (Å²) in [6.07, 6.45) is -5.14. The molecule has 7 heteroatoms. The number of rotatable bonds is 2. The van der Waals surface area contributed by atoms with Crippen LogP contribution in [0.5, 0.6) is 0 Å². The number of anilines is 2. The van der Waals surface area contributed by atoms with Gasteiger partial charge in [0.2, 0.25) is 0 Å². The van der Waals surface area contributed by atoms with Crippen LogP contribution in [0.4, 0.5) is 24.7 Å². The summed E-state index contributed by atoms with van der Waals surface area (Å²) in [5.74, 6) is 0.129. The van der Waals surface area contributed by atoms with Crippen LogP contribution in [0, 0.1) is 0 Å². The zero-order valence-electron chi connectivity index (χ0n) is 16.1. The van der Waals surface area contributed by atoms with Crippen molar-refractivity contribution in [1.82, 2.24) is 4.98 Å². The predicted octanol–water partition coefficient (Wildman–Crippen LogP) is 6.02. The molecule has 1 atom stereocenters. The van der Waals surface area contributed by atoms with E-state index < -0.39 is 17.9 Å². The molecule has 2 heterocycles. The fourth-order valence-electron chi connectivity index (χ4n) is 3.77. The number of halogens is 3. The number of benzene rings is 3. The molecular formula is C24H16F3N3O. The first kappa shape index (κ1) is 19.1. The van der Waals surface area contributed by atoms with Crippen molar-refractivity contribution < 1.29 is 18.0 Å². The number of alkyl halides is 3. The molecule has 1 aliphatic rings. The second-order valence-corrected chi connectivity index (χ2v) is 7.25. The van der Waals surface area contributed by atoms with E-state index >= 15 is 0 Å². The Bertz CT molecular complexity index is 1270. The number of hydrogen-bond donors (Lipinski definition) is 1. The van der Waals surface area contributed by atoms with Crippen molar-refractivity contribution in [3.8, 4) is 0 Å². The Kier molecular flexibility index (Phi) is 4.39. The number of para-hydroxylation sites is 2. The third kappa shape index (κ3) is 3.38. The average molecular weight is 419 g/mol. The van der Waals surface area contributed by atoms with Crippen molar-refractivity contribution in [2.75, 3.05) is 10.2 Å². The maximum absolute atomic E-state index is 13.5. The van der Waals surface area contributed by atoms with Crippen molar-refractivity contribution >= 4 is 28.3 Å². The maximum Gasteiger partial charge on any atom is 0.416 e. The van der Waals surface area contributed by atoms with Gasteiger partial charge in [-0.3, -0.25) is 9.69 Å². The molecule has 4 aromatic rings. The van der Waals surface area contributed by atoms with Crippen LogP contribution >= 0.6 is 0 Å². The standard InChI is InChI=1S/C24H16F3N3O/c25-24(26,27)17-12-10-15(11-13-17)22-29-21-19(14-16-6-4-5-9-20(16)28-21)23(31)30(22)18-7-2-1-3-8-18/h1-14,22H,(H,28,29). The molecule has 0 saturated heterocycles. The van der Waals surface area contributed by atoms with E-state index in [1.807, 2.05) is 30.3 Å². The zero-order chi connectivity index (χ0) is 21.6. The van der Waals surface area contributed by atoms with Gasteiger partial charge in [-0.1, -0.05) is 48.5 Å². The number of nitrogens with one attached hydrogen (secondary N) is 1. The molecule has 0 aliphatic carbocycles. The third-order valence-corrected chi connectivity index (χ3v) is 5.29. The molecule has 5 rings (SSSR count). The van der Waals surface area contributed by atoms with Gasteiger partial charge in [0.05, 0.1) is 16.6 Å². The summed E-state index contributed by atoms with van der Waals surface area (Å²) in [4.78, 5) is 19.7. The largest absolute Gasteiger partial charge is 0.416 e. The zero-order valence-corrected chi connectivity index (χ0v) is 16.1. The van der Waals surface area contributed by atoms with Crippen LogP contribution in [0.2, 0.25) is 0 Å². The van der Waals surface area contributed by atoms with Crippen molar-refractivity contribution in [2.45, 2.75) is 12.3 Å². The third-order valence-electron chi connectivity index (χ3n) is 5.29. The molecule has 0 saturated carbocycles. The van der Waals surface area contributed by atoms with Crippen LogP contribution in [0.15, 0.2) is 84.9 Å². The van der Waals surface area contributed by atoms with E-state index in [9.17, 15) is 18.0 Å². The second-order valence-electron chi connectivity index (χ2n) is 7.25. The number of nitrogens with zero attached hydrogens (tertiary/aromatic N) is 2. The minimum atomic E-state index is -4.43. The minimum Gasteiger partial charge on any atom is -0.345 e. The first-order chi connectivity index (χ1) is 14.9. The number of fused-ring (bicyclic) bond motifs is 2. The highest BCUT2D eigenvalue weighted by atomic mass is 19.4. The molecular weight excluding hydrogens is 403 g/mol. The van der Waals surface area contributed by atoms with Crippen molar-refractivity contribution in [2.24, 2.45) is 0 Å². The number of amides is 1. The highest BCUT2D eigenvalue weighted by Gasteiger charge is 2.36. The Labute approximate surface area is 176 Å². The molecule has 0 bridgehead atoms. The number of aromatic nitrogens is 1. The van der Waals surface area contributed by atoms with Crippen LogP contribution in [-0.4, -0.2) is 10.9 Å². The second kappa shape index (κ2) is 7.12. The maximum atomic E-state index is 13.5. The van der Waals surface area contributed by atoms with Gasteiger partial charge < -0.3 is 5.32 Å². The van der Waals surface area contributed by atoms with Crippen molar-refractivity contribution in [3.05, 3.63) is 102 Å². The molecule has 1 aromatic heterocycles. The minimum absolute atomic E-state index is 0.275. The topological polar surface area (TPSA) is 45.2 Å². The summed E-state index contributed by atoms with van der Waals surface area (Å²) in [5, 5.41) is 4.09. The molecule has 0 spiro atoms. The molecule has 31 heavy (non-hydrogen) atoms. The lowest BCUT2D eigenvalue weighted by Gasteiger charge is -2.37. The van der Waals surface area contributed by atoms with E-state index in [1.54, 1.807) is 35.2 Å². The van der Waals surface area contributed by atoms with E-state index in [-0.39, 0.29) is 5.91 Å². The summed E-state index contributed by atoms with van der Waals surface area (Å²) in [7, 11) is 0. The van der Waals surface area contributed by atoms with Crippen molar-refractivity contribution in [1.29, 1.82) is 0 Å².